The number of hydrogen-bond acceptors (Lipinski definition) is 5. The quantitative estimate of drug-likeness (QED) is 0.261. The Hall–Kier alpha value is -2.93. The molecule has 1 heterocycles. The first kappa shape index (κ1) is 21.8. The molecule has 0 bridgehead atoms. The maximum Gasteiger partial charge on any atom is 0.216 e. The van der Waals surface area contributed by atoms with E-state index in [2.05, 4.69) is 34.4 Å². The van der Waals surface area contributed by atoms with Gasteiger partial charge in [0.05, 0.1) is 19.4 Å². The van der Waals surface area contributed by atoms with Crippen molar-refractivity contribution >= 4 is 18.4 Å². The van der Waals surface area contributed by atoms with Gasteiger partial charge in [-0.25, -0.2) is 0 Å². The smallest absolute Gasteiger partial charge is 0.216 e. The highest BCUT2D eigenvalue weighted by Gasteiger charge is 2.08. The molecule has 7 heteroatoms. The molecule has 0 radical (unpaired) electrons. The molecule has 0 aliphatic carbocycles. The van der Waals surface area contributed by atoms with E-state index in [-0.39, 0.29) is 0 Å². The summed E-state index contributed by atoms with van der Waals surface area (Å²) >= 11 is 5.35. The molecule has 0 aliphatic rings. The summed E-state index contributed by atoms with van der Waals surface area (Å²) in [5.74, 6) is 2.27. The molecule has 0 saturated heterocycles. The molecule has 1 aromatic heterocycles. The second kappa shape index (κ2) is 11.3. The van der Waals surface area contributed by atoms with Crippen LogP contribution >= 0.6 is 12.2 Å². The van der Waals surface area contributed by atoms with Gasteiger partial charge in [0.1, 0.15) is 0 Å². The third-order valence-corrected chi connectivity index (χ3v) is 4.81. The summed E-state index contributed by atoms with van der Waals surface area (Å²) in [5.41, 5.74) is 2.15. The van der Waals surface area contributed by atoms with Crippen LogP contribution in [0.25, 0.3) is 0 Å². The van der Waals surface area contributed by atoms with Crippen molar-refractivity contribution in [1.29, 1.82) is 0 Å². The SMILES string of the molecule is CCCCOc1ccc(/C=N\n2c(CCc3ccccc3)n[nH]c2=S)cc1OCC. The average Bonchev–Trinajstić information content (AvgIpc) is 3.12. The minimum atomic E-state index is 0.471. The van der Waals surface area contributed by atoms with Gasteiger partial charge in [0.15, 0.2) is 17.3 Å². The number of aromatic amines is 1. The zero-order chi connectivity index (χ0) is 21.2. The highest BCUT2D eigenvalue weighted by Crippen LogP contribution is 2.28. The molecule has 3 aromatic rings. The molecule has 0 saturated carbocycles. The fourth-order valence-corrected chi connectivity index (χ4v) is 3.15. The zero-order valence-electron chi connectivity index (χ0n) is 17.5. The van der Waals surface area contributed by atoms with Gasteiger partial charge in [0.25, 0.3) is 0 Å². The van der Waals surface area contributed by atoms with Gasteiger partial charge in [-0.05, 0) is 61.3 Å². The van der Waals surface area contributed by atoms with Crippen molar-refractivity contribution in [2.24, 2.45) is 5.10 Å². The monoisotopic (exact) mass is 424 g/mol. The van der Waals surface area contributed by atoms with E-state index in [1.807, 2.05) is 43.3 Å². The third kappa shape index (κ3) is 6.03. The fraction of sp³-hybridized carbons (Fsp3) is 0.348. The van der Waals surface area contributed by atoms with Crippen LogP contribution in [-0.4, -0.2) is 34.3 Å². The van der Waals surface area contributed by atoms with Crippen LogP contribution < -0.4 is 9.47 Å². The Morgan fingerprint density at radius 2 is 1.90 bits per heavy atom. The first-order valence-electron chi connectivity index (χ1n) is 10.4. The molecule has 30 heavy (non-hydrogen) atoms. The van der Waals surface area contributed by atoms with E-state index in [1.54, 1.807) is 10.9 Å². The van der Waals surface area contributed by atoms with Crippen molar-refractivity contribution in [3.63, 3.8) is 0 Å². The van der Waals surface area contributed by atoms with Gasteiger partial charge in [0, 0.05) is 6.42 Å². The lowest BCUT2D eigenvalue weighted by molar-refractivity contribution is 0.272. The van der Waals surface area contributed by atoms with Crippen molar-refractivity contribution in [2.75, 3.05) is 13.2 Å². The number of rotatable bonds is 11. The van der Waals surface area contributed by atoms with E-state index < -0.39 is 0 Å². The molecule has 0 spiro atoms. The number of H-pyrrole nitrogens is 1. The molecule has 0 fully saturated rings. The number of aromatic nitrogens is 3. The Morgan fingerprint density at radius 3 is 2.67 bits per heavy atom. The van der Waals surface area contributed by atoms with Crippen LogP contribution in [0.1, 0.15) is 43.6 Å². The van der Waals surface area contributed by atoms with E-state index in [1.165, 1.54) is 5.56 Å². The van der Waals surface area contributed by atoms with Gasteiger partial charge < -0.3 is 9.47 Å². The molecule has 0 amide bonds. The van der Waals surface area contributed by atoms with E-state index in [0.717, 1.165) is 48.6 Å². The third-order valence-electron chi connectivity index (χ3n) is 4.54. The maximum absolute atomic E-state index is 5.84. The van der Waals surface area contributed by atoms with Crippen LogP contribution in [0.3, 0.4) is 0 Å². The summed E-state index contributed by atoms with van der Waals surface area (Å²) in [6.45, 7) is 5.35. The highest BCUT2D eigenvalue weighted by molar-refractivity contribution is 7.71. The molecule has 6 nitrogen and oxygen atoms in total. The molecule has 2 aromatic carbocycles. The van der Waals surface area contributed by atoms with Gasteiger partial charge in [-0.3, -0.25) is 5.10 Å². The second-order valence-electron chi connectivity index (χ2n) is 6.83. The van der Waals surface area contributed by atoms with E-state index in [9.17, 15) is 0 Å². The zero-order valence-corrected chi connectivity index (χ0v) is 18.3. The summed E-state index contributed by atoms with van der Waals surface area (Å²) in [4.78, 5) is 0. The normalized spacial score (nSPS) is 11.1. The van der Waals surface area contributed by atoms with Gasteiger partial charge in [-0.2, -0.15) is 14.9 Å². The molecule has 1 N–H and O–H groups in total. The number of unbranched alkanes of at least 4 members (excludes halogenated alkanes) is 1. The minimum absolute atomic E-state index is 0.471. The van der Waals surface area contributed by atoms with Crippen LogP contribution in [0, 0.1) is 4.77 Å². The Kier molecular flexibility index (Phi) is 8.20. The number of hydrogen-bond donors (Lipinski definition) is 1. The van der Waals surface area contributed by atoms with Crippen molar-refractivity contribution in [2.45, 2.75) is 39.5 Å². The largest absolute Gasteiger partial charge is 0.490 e. The van der Waals surface area contributed by atoms with E-state index in [0.29, 0.717) is 18.0 Å². The average molecular weight is 425 g/mol. The summed E-state index contributed by atoms with van der Waals surface area (Å²) in [7, 11) is 0. The number of benzene rings is 2. The van der Waals surface area contributed by atoms with Crippen LogP contribution in [-0.2, 0) is 12.8 Å². The summed E-state index contributed by atoms with van der Waals surface area (Å²) in [6.07, 6.45) is 5.47. The van der Waals surface area contributed by atoms with Crippen LogP contribution in [0.2, 0.25) is 0 Å². The Bertz CT molecular complexity index is 1010. The molecule has 0 aliphatic heterocycles. The van der Waals surface area contributed by atoms with E-state index in [4.69, 9.17) is 21.7 Å². The molecule has 158 valence electrons. The number of aryl methyl sites for hydroxylation is 2. The first-order chi connectivity index (χ1) is 14.7. The van der Waals surface area contributed by atoms with Crippen molar-refractivity contribution in [3.8, 4) is 11.5 Å². The Balaban J connectivity index is 1.74. The second-order valence-corrected chi connectivity index (χ2v) is 7.21. The molecular formula is C23H28N4O2S. The Morgan fingerprint density at radius 1 is 1.07 bits per heavy atom. The molecular weight excluding hydrogens is 396 g/mol. The van der Waals surface area contributed by atoms with Gasteiger partial charge in [-0.15, -0.1) is 0 Å². The Labute approximate surface area is 182 Å². The van der Waals surface area contributed by atoms with E-state index >= 15 is 0 Å². The number of ether oxygens (including phenoxy) is 2. The molecule has 3 rings (SSSR count). The predicted molar refractivity (Wildman–Crippen MR) is 122 cm³/mol. The summed E-state index contributed by atoms with van der Waals surface area (Å²) in [6, 6.07) is 16.1. The van der Waals surface area contributed by atoms with Crippen molar-refractivity contribution in [3.05, 3.63) is 70.3 Å². The molecule has 0 atom stereocenters. The number of nitrogens with one attached hydrogen (secondary N) is 1. The van der Waals surface area contributed by atoms with Crippen LogP contribution in [0.15, 0.2) is 53.6 Å². The summed E-state index contributed by atoms with van der Waals surface area (Å²) in [5, 5.41) is 11.7. The van der Waals surface area contributed by atoms with Gasteiger partial charge in [0.2, 0.25) is 4.77 Å². The maximum atomic E-state index is 5.84. The van der Waals surface area contributed by atoms with Crippen molar-refractivity contribution < 1.29 is 9.47 Å². The number of nitrogens with zero attached hydrogens (tertiary/aromatic N) is 3. The standard InChI is InChI=1S/C23H28N4O2S/c1-3-5-15-29-20-13-11-19(16-21(20)28-4-2)17-24-27-22(25-26-23(27)30)14-12-18-9-7-6-8-10-18/h6-11,13,16-17H,3-5,12,14-15H2,1-2H3,(H,26,30)/b24-17-. The van der Waals surface area contributed by atoms with Gasteiger partial charge in [-0.1, -0.05) is 43.7 Å². The lowest BCUT2D eigenvalue weighted by atomic mass is 10.1. The highest BCUT2D eigenvalue weighted by atomic mass is 32.1. The van der Waals surface area contributed by atoms with Crippen LogP contribution in [0.5, 0.6) is 11.5 Å². The molecule has 0 unspecified atom stereocenters. The van der Waals surface area contributed by atoms with Crippen LogP contribution in [0.4, 0.5) is 0 Å². The summed E-state index contributed by atoms with van der Waals surface area (Å²) < 4.78 is 13.7. The predicted octanol–water partition coefficient (Wildman–Crippen LogP) is 5.19. The lowest BCUT2D eigenvalue weighted by Crippen LogP contribution is -2.03. The van der Waals surface area contributed by atoms with Crippen molar-refractivity contribution in [1.82, 2.24) is 14.9 Å². The topological polar surface area (TPSA) is 64.4 Å². The first-order valence-corrected chi connectivity index (χ1v) is 10.8. The lowest BCUT2D eigenvalue weighted by Gasteiger charge is -2.12. The van der Waals surface area contributed by atoms with Gasteiger partial charge >= 0.3 is 0 Å². The fourth-order valence-electron chi connectivity index (χ4n) is 2.95. The minimum Gasteiger partial charge on any atom is -0.490 e.